The molecule has 5 heteroatoms. The second-order valence-electron chi connectivity index (χ2n) is 3.39. The van der Waals surface area contributed by atoms with Crippen molar-refractivity contribution < 1.29 is 19.4 Å². The Labute approximate surface area is 105 Å². The molecule has 0 saturated carbocycles. The molecule has 0 fully saturated rings. The summed E-state index contributed by atoms with van der Waals surface area (Å²) in [6, 6.07) is 4.44. The lowest BCUT2D eigenvalue weighted by atomic mass is 10.1. The summed E-state index contributed by atoms with van der Waals surface area (Å²) in [6.45, 7) is 2.02. The van der Waals surface area contributed by atoms with E-state index in [4.69, 9.17) is 15.6 Å². The minimum Gasteiger partial charge on any atom is -0.478 e. The van der Waals surface area contributed by atoms with E-state index in [1.807, 2.05) is 0 Å². The molecule has 0 aliphatic heterocycles. The molecule has 0 aliphatic rings. The number of ether oxygens (including phenoxy) is 1. The number of hydrogen-bond donors (Lipinski definition) is 2. The molecule has 0 radical (unpaired) electrons. The van der Waals surface area contributed by atoms with Crippen LogP contribution in [0.5, 0.6) is 0 Å². The number of esters is 1. The number of aromatic carboxylic acids is 1. The van der Waals surface area contributed by atoms with Crippen molar-refractivity contribution in [1.29, 1.82) is 0 Å². The molecule has 0 atom stereocenters. The zero-order valence-corrected chi connectivity index (χ0v) is 9.90. The highest BCUT2D eigenvalue weighted by Crippen LogP contribution is 2.13. The van der Waals surface area contributed by atoms with Gasteiger partial charge in [-0.25, -0.2) is 4.79 Å². The number of hydrogen-bond acceptors (Lipinski definition) is 4. The largest absolute Gasteiger partial charge is 0.478 e. The average Bonchev–Trinajstić information content (AvgIpc) is 2.31. The molecule has 0 spiro atoms. The predicted molar refractivity (Wildman–Crippen MR) is 65.9 cm³/mol. The van der Waals surface area contributed by atoms with Crippen molar-refractivity contribution in [1.82, 2.24) is 0 Å². The molecule has 1 aromatic carbocycles. The van der Waals surface area contributed by atoms with Crippen LogP contribution in [0.3, 0.4) is 0 Å². The Hall–Kier alpha value is -2.48. The maximum atomic E-state index is 11.0. The number of carbonyl (C=O) groups is 2. The van der Waals surface area contributed by atoms with Crippen LogP contribution in [-0.4, -0.2) is 23.7 Å². The normalized spacial score (nSPS) is 9.17. The number of benzene rings is 1. The molecular weight excluding hydrogens is 234 g/mol. The second kappa shape index (κ2) is 6.30. The molecule has 1 aromatic rings. The van der Waals surface area contributed by atoms with Crippen LogP contribution in [0.1, 0.15) is 29.3 Å². The summed E-state index contributed by atoms with van der Waals surface area (Å²) in [5, 5.41) is 8.87. The van der Waals surface area contributed by atoms with E-state index in [1.54, 1.807) is 13.0 Å². The molecule has 0 bridgehead atoms. The van der Waals surface area contributed by atoms with E-state index < -0.39 is 11.9 Å². The van der Waals surface area contributed by atoms with Gasteiger partial charge in [0, 0.05) is 11.3 Å². The fourth-order valence-electron chi connectivity index (χ4n) is 1.25. The molecule has 18 heavy (non-hydrogen) atoms. The molecule has 0 aliphatic carbocycles. The van der Waals surface area contributed by atoms with E-state index in [0.717, 1.165) is 0 Å². The first-order valence-corrected chi connectivity index (χ1v) is 5.32. The summed E-state index contributed by atoms with van der Waals surface area (Å²) >= 11 is 0. The second-order valence-corrected chi connectivity index (χ2v) is 3.39. The molecule has 5 nitrogen and oxygen atoms in total. The van der Waals surface area contributed by atoms with E-state index in [1.165, 1.54) is 12.1 Å². The standard InChI is InChI=1S/C13H13NO4/c1-2-18-12(15)5-3-4-9-6-7-11(14)10(8-9)13(16)17/h6-8H,2,5,14H2,1H3,(H,16,17). The molecule has 3 N–H and O–H groups in total. The van der Waals surface area contributed by atoms with Crippen molar-refractivity contribution in [2.75, 3.05) is 12.3 Å². The first-order valence-electron chi connectivity index (χ1n) is 5.32. The first kappa shape index (κ1) is 13.6. The molecule has 0 unspecified atom stereocenters. The zero-order chi connectivity index (χ0) is 13.5. The number of carbonyl (C=O) groups excluding carboxylic acids is 1. The van der Waals surface area contributed by atoms with Crippen LogP contribution in [0.25, 0.3) is 0 Å². The lowest BCUT2D eigenvalue weighted by Gasteiger charge is -2.00. The number of nitrogen functional groups attached to an aromatic ring is 1. The monoisotopic (exact) mass is 247 g/mol. The van der Waals surface area contributed by atoms with E-state index in [2.05, 4.69) is 11.8 Å². The lowest BCUT2D eigenvalue weighted by molar-refractivity contribution is -0.141. The maximum Gasteiger partial charge on any atom is 0.337 e. The van der Waals surface area contributed by atoms with Crippen molar-refractivity contribution in [2.45, 2.75) is 13.3 Å². The summed E-state index contributed by atoms with van der Waals surface area (Å²) in [6.07, 6.45) is -0.0272. The quantitative estimate of drug-likeness (QED) is 0.477. The molecule has 94 valence electrons. The Balaban J connectivity index is 2.80. The Morgan fingerprint density at radius 2 is 2.17 bits per heavy atom. The van der Waals surface area contributed by atoms with Gasteiger partial charge in [-0.3, -0.25) is 4.79 Å². The third-order valence-corrected chi connectivity index (χ3v) is 2.05. The molecular formula is C13H13NO4. The van der Waals surface area contributed by atoms with Crippen LogP contribution in [0.15, 0.2) is 18.2 Å². The Kier molecular flexibility index (Phi) is 4.76. The molecule has 0 amide bonds. The van der Waals surface area contributed by atoms with Gasteiger partial charge in [-0.05, 0) is 25.1 Å². The highest BCUT2D eigenvalue weighted by atomic mass is 16.5. The first-order chi connectivity index (χ1) is 8.54. The van der Waals surface area contributed by atoms with Crippen LogP contribution in [0, 0.1) is 11.8 Å². The Morgan fingerprint density at radius 3 is 2.78 bits per heavy atom. The zero-order valence-electron chi connectivity index (χ0n) is 9.90. The Morgan fingerprint density at radius 1 is 1.44 bits per heavy atom. The summed E-state index contributed by atoms with van der Waals surface area (Å²) in [5.41, 5.74) is 6.17. The minimum absolute atomic E-state index is 0.00191. The predicted octanol–water partition coefficient (Wildman–Crippen LogP) is 1.27. The van der Waals surface area contributed by atoms with Crippen molar-refractivity contribution in [2.24, 2.45) is 0 Å². The van der Waals surface area contributed by atoms with Gasteiger partial charge in [-0.2, -0.15) is 0 Å². The lowest BCUT2D eigenvalue weighted by Crippen LogP contribution is -2.03. The number of carboxylic acids is 1. The van der Waals surface area contributed by atoms with Crippen LogP contribution in [-0.2, 0) is 9.53 Å². The van der Waals surface area contributed by atoms with Gasteiger partial charge >= 0.3 is 11.9 Å². The van der Waals surface area contributed by atoms with Gasteiger partial charge in [0.25, 0.3) is 0 Å². The van der Waals surface area contributed by atoms with Crippen molar-refractivity contribution >= 4 is 17.6 Å². The van der Waals surface area contributed by atoms with Gasteiger partial charge < -0.3 is 15.6 Å². The van der Waals surface area contributed by atoms with Crippen molar-refractivity contribution in [3.05, 3.63) is 29.3 Å². The fraction of sp³-hybridized carbons (Fsp3) is 0.231. The van der Waals surface area contributed by atoms with Crippen molar-refractivity contribution in [3.8, 4) is 11.8 Å². The van der Waals surface area contributed by atoms with E-state index in [-0.39, 0.29) is 17.7 Å². The van der Waals surface area contributed by atoms with E-state index in [9.17, 15) is 9.59 Å². The SMILES string of the molecule is CCOC(=O)CC#Cc1ccc(N)c(C(=O)O)c1. The Bertz CT molecular complexity index is 526. The van der Waals surface area contributed by atoms with Gasteiger partial charge in [-0.15, -0.1) is 0 Å². The van der Waals surface area contributed by atoms with Gasteiger partial charge in [0.15, 0.2) is 0 Å². The third-order valence-electron chi connectivity index (χ3n) is 2.05. The van der Waals surface area contributed by atoms with Gasteiger partial charge in [0.05, 0.1) is 12.2 Å². The highest BCUT2D eigenvalue weighted by molar-refractivity contribution is 5.94. The van der Waals surface area contributed by atoms with Crippen LogP contribution >= 0.6 is 0 Å². The summed E-state index contributed by atoms with van der Waals surface area (Å²) in [5.74, 6) is 3.79. The number of nitrogens with two attached hydrogens (primary N) is 1. The van der Waals surface area contributed by atoms with Crippen LogP contribution in [0.2, 0.25) is 0 Å². The number of anilines is 1. The average molecular weight is 247 g/mol. The smallest absolute Gasteiger partial charge is 0.337 e. The van der Waals surface area contributed by atoms with Crippen LogP contribution in [0.4, 0.5) is 5.69 Å². The molecule has 1 rings (SSSR count). The highest BCUT2D eigenvalue weighted by Gasteiger charge is 2.07. The van der Waals surface area contributed by atoms with Gasteiger partial charge in [0.2, 0.25) is 0 Å². The van der Waals surface area contributed by atoms with Crippen molar-refractivity contribution in [3.63, 3.8) is 0 Å². The molecule has 0 saturated heterocycles. The van der Waals surface area contributed by atoms with Crippen LogP contribution < -0.4 is 5.73 Å². The number of rotatable bonds is 3. The molecule has 0 heterocycles. The fourth-order valence-corrected chi connectivity index (χ4v) is 1.25. The topological polar surface area (TPSA) is 89.6 Å². The summed E-state index contributed by atoms with van der Waals surface area (Å²) in [7, 11) is 0. The van der Waals surface area contributed by atoms with E-state index in [0.29, 0.717) is 12.2 Å². The van der Waals surface area contributed by atoms with Gasteiger partial charge in [-0.1, -0.05) is 11.8 Å². The number of carboxylic acid groups (broad SMARTS) is 1. The molecule has 0 aromatic heterocycles. The van der Waals surface area contributed by atoms with E-state index >= 15 is 0 Å². The summed E-state index contributed by atoms with van der Waals surface area (Å²) in [4.78, 5) is 21.9. The van der Waals surface area contributed by atoms with Gasteiger partial charge in [0.1, 0.15) is 6.42 Å². The minimum atomic E-state index is -1.11. The third kappa shape index (κ3) is 3.83. The maximum absolute atomic E-state index is 11.0. The summed E-state index contributed by atoms with van der Waals surface area (Å²) < 4.78 is 4.71.